The van der Waals surface area contributed by atoms with E-state index in [-0.39, 0.29) is 17.3 Å². The molecule has 0 atom stereocenters. The molecule has 0 aromatic carbocycles. The van der Waals surface area contributed by atoms with Crippen molar-refractivity contribution in [3.63, 3.8) is 0 Å². The van der Waals surface area contributed by atoms with Crippen molar-refractivity contribution >= 4 is 17.6 Å². The third kappa shape index (κ3) is 3.27. The summed E-state index contributed by atoms with van der Waals surface area (Å²) < 4.78 is 6.27. The van der Waals surface area contributed by atoms with Gasteiger partial charge in [0.05, 0.1) is 19.0 Å². The van der Waals surface area contributed by atoms with Crippen LogP contribution in [0.2, 0.25) is 0 Å². The average molecular weight is 323 g/mol. The average Bonchev–Trinajstić information content (AvgIpc) is 3.16. The predicted molar refractivity (Wildman–Crippen MR) is 84.9 cm³/mol. The van der Waals surface area contributed by atoms with Crippen LogP contribution in [0.3, 0.4) is 0 Å². The number of amides is 1. The first-order chi connectivity index (χ1) is 11.7. The summed E-state index contributed by atoms with van der Waals surface area (Å²) in [5, 5.41) is 2.67. The van der Waals surface area contributed by atoms with Gasteiger partial charge in [0.25, 0.3) is 5.91 Å². The lowest BCUT2D eigenvalue weighted by Crippen LogP contribution is -2.15. The van der Waals surface area contributed by atoms with Gasteiger partial charge in [-0.1, -0.05) is 6.07 Å². The van der Waals surface area contributed by atoms with E-state index in [1.807, 2.05) is 0 Å². The zero-order valence-corrected chi connectivity index (χ0v) is 12.7. The number of hydrogen-bond donors (Lipinski definition) is 1. The first-order valence-corrected chi connectivity index (χ1v) is 6.98. The first-order valence-electron chi connectivity index (χ1n) is 6.98. The van der Waals surface area contributed by atoms with E-state index in [9.17, 15) is 9.59 Å². The van der Waals surface area contributed by atoms with Gasteiger partial charge in [-0.15, -0.1) is 0 Å². The Labute approximate surface area is 137 Å². The fourth-order valence-electron chi connectivity index (χ4n) is 1.98. The molecule has 120 valence electrons. The van der Waals surface area contributed by atoms with Crippen LogP contribution in [-0.2, 0) is 4.74 Å². The normalized spacial score (nSPS) is 10.2. The number of carbonyl (C=O) groups excluding carboxylic acids is 2. The number of aromatic nitrogens is 4. The molecule has 8 heteroatoms. The fraction of sp³-hybridized carbons (Fsp3) is 0.0625. The molecule has 24 heavy (non-hydrogen) atoms. The Balaban J connectivity index is 1.75. The van der Waals surface area contributed by atoms with Gasteiger partial charge in [-0.2, -0.15) is 0 Å². The fourth-order valence-corrected chi connectivity index (χ4v) is 1.98. The predicted octanol–water partition coefficient (Wildman–Crippen LogP) is 1.70. The molecular formula is C16H13N5O3. The Kier molecular flexibility index (Phi) is 4.28. The molecule has 1 N–H and O–H groups in total. The highest BCUT2D eigenvalue weighted by Crippen LogP contribution is 2.10. The van der Waals surface area contributed by atoms with Gasteiger partial charge in [-0.05, 0) is 24.3 Å². The van der Waals surface area contributed by atoms with Crippen LogP contribution in [0.4, 0.5) is 5.69 Å². The maximum atomic E-state index is 12.3. The third-order valence-electron chi connectivity index (χ3n) is 3.15. The molecule has 3 aromatic rings. The summed E-state index contributed by atoms with van der Waals surface area (Å²) in [7, 11) is 1.28. The molecule has 0 bridgehead atoms. The van der Waals surface area contributed by atoms with E-state index in [4.69, 9.17) is 0 Å². The van der Waals surface area contributed by atoms with E-state index in [1.54, 1.807) is 47.6 Å². The highest BCUT2D eigenvalue weighted by atomic mass is 16.5. The summed E-state index contributed by atoms with van der Waals surface area (Å²) in [6.45, 7) is 0. The van der Waals surface area contributed by atoms with Gasteiger partial charge in [0, 0.05) is 12.4 Å². The van der Waals surface area contributed by atoms with E-state index in [0.717, 1.165) is 0 Å². The summed E-state index contributed by atoms with van der Waals surface area (Å²) in [6.07, 6.45) is 6.34. The summed E-state index contributed by atoms with van der Waals surface area (Å²) >= 11 is 0. The van der Waals surface area contributed by atoms with Crippen molar-refractivity contribution in [2.75, 3.05) is 12.4 Å². The number of esters is 1. The second kappa shape index (κ2) is 6.69. The molecule has 0 aliphatic rings. The number of imidazole rings is 1. The molecule has 1 amide bonds. The first kappa shape index (κ1) is 15.3. The molecule has 0 radical (unpaired) electrons. The molecule has 3 aromatic heterocycles. The standard InChI is InChI=1S/C16H13N5O3/c1-24-16(23)13-6-5-11(9-18-13)19-15(22)12-3-2-4-14(20-12)21-8-7-17-10-21/h2-10H,1H3,(H,19,22). The summed E-state index contributed by atoms with van der Waals surface area (Å²) in [4.78, 5) is 35.8. The van der Waals surface area contributed by atoms with Crippen LogP contribution < -0.4 is 5.32 Å². The molecule has 0 unspecified atom stereocenters. The van der Waals surface area contributed by atoms with Gasteiger partial charge in [0.2, 0.25) is 0 Å². The van der Waals surface area contributed by atoms with Crippen molar-refractivity contribution in [1.29, 1.82) is 0 Å². The lowest BCUT2D eigenvalue weighted by molar-refractivity contribution is 0.0594. The van der Waals surface area contributed by atoms with Crippen molar-refractivity contribution in [1.82, 2.24) is 19.5 Å². The van der Waals surface area contributed by atoms with E-state index in [0.29, 0.717) is 11.5 Å². The maximum absolute atomic E-state index is 12.3. The zero-order valence-electron chi connectivity index (χ0n) is 12.7. The van der Waals surface area contributed by atoms with Crippen molar-refractivity contribution in [3.05, 3.63) is 66.6 Å². The number of nitrogens with zero attached hydrogens (tertiary/aromatic N) is 4. The van der Waals surface area contributed by atoms with Crippen LogP contribution >= 0.6 is 0 Å². The highest BCUT2D eigenvalue weighted by Gasteiger charge is 2.11. The van der Waals surface area contributed by atoms with Gasteiger partial charge >= 0.3 is 5.97 Å². The van der Waals surface area contributed by atoms with Crippen molar-refractivity contribution in [3.8, 4) is 5.82 Å². The Morgan fingerprint density at radius 1 is 1.17 bits per heavy atom. The summed E-state index contributed by atoms with van der Waals surface area (Å²) in [5.74, 6) is -0.341. The highest BCUT2D eigenvalue weighted by molar-refractivity contribution is 6.03. The molecule has 3 heterocycles. The molecule has 8 nitrogen and oxygen atoms in total. The second-order valence-electron chi connectivity index (χ2n) is 4.73. The largest absolute Gasteiger partial charge is 0.464 e. The molecule has 0 aliphatic carbocycles. The van der Waals surface area contributed by atoms with Crippen molar-refractivity contribution in [2.24, 2.45) is 0 Å². The van der Waals surface area contributed by atoms with Crippen LogP contribution in [0.1, 0.15) is 21.0 Å². The van der Waals surface area contributed by atoms with E-state index < -0.39 is 5.97 Å². The number of hydrogen-bond acceptors (Lipinski definition) is 6. The summed E-state index contributed by atoms with van der Waals surface area (Å²) in [6, 6.07) is 8.14. The smallest absolute Gasteiger partial charge is 0.356 e. The van der Waals surface area contributed by atoms with Crippen LogP contribution in [0.15, 0.2) is 55.2 Å². The van der Waals surface area contributed by atoms with E-state index >= 15 is 0 Å². The molecule has 0 saturated carbocycles. The Hall–Kier alpha value is -3.55. The van der Waals surface area contributed by atoms with Gasteiger partial charge in [-0.3, -0.25) is 9.36 Å². The minimum Gasteiger partial charge on any atom is -0.464 e. The Morgan fingerprint density at radius 2 is 2.04 bits per heavy atom. The van der Waals surface area contributed by atoms with Gasteiger partial charge < -0.3 is 10.1 Å². The van der Waals surface area contributed by atoms with Gasteiger partial charge in [0.15, 0.2) is 0 Å². The topological polar surface area (TPSA) is 99.0 Å². The lowest BCUT2D eigenvalue weighted by atomic mass is 10.3. The SMILES string of the molecule is COC(=O)c1ccc(NC(=O)c2cccc(-n3ccnc3)n2)cn1. The number of rotatable bonds is 4. The summed E-state index contributed by atoms with van der Waals surface area (Å²) in [5.41, 5.74) is 0.858. The van der Waals surface area contributed by atoms with Crippen LogP contribution in [0, 0.1) is 0 Å². The number of methoxy groups -OCH3 is 1. The van der Waals surface area contributed by atoms with Crippen molar-refractivity contribution in [2.45, 2.75) is 0 Å². The Morgan fingerprint density at radius 3 is 2.71 bits per heavy atom. The number of nitrogens with one attached hydrogen (secondary N) is 1. The van der Waals surface area contributed by atoms with Crippen LogP contribution in [0.25, 0.3) is 5.82 Å². The van der Waals surface area contributed by atoms with E-state index in [1.165, 1.54) is 19.4 Å². The minimum atomic E-state index is -0.539. The molecule has 3 rings (SSSR count). The number of anilines is 1. The number of pyridine rings is 2. The minimum absolute atomic E-state index is 0.163. The monoisotopic (exact) mass is 323 g/mol. The number of carbonyl (C=O) groups is 2. The Bertz CT molecular complexity index is 860. The number of ether oxygens (including phenoxy) is 1. The molecule has 0 fully saturated rings. The quantitative estimate of drug-likeness (QED) is 0.734. The van der Waals surface area contributed by atoms with Crippen LogP contribution in [-0.4, -0.2) is 38.5 Å². The van der Waals surface area contributed by atoms with Gasteiger partial charge in [-0.25, -0.2) is 19.7 Å². The molecule has 0 saturated heterocycles. The van der Waals surface area contributed by atoms with Gasteiger partial charge in [0.1, 0.15) is 23.5 Å². The zero-order chi connectivity index (χ0) is 16.9. The maximum Gasteiger partial charge on any atom is 0.356 e. The van der Waals surface area contributed by atoms with Crippen LogP contribution in [0.5, 0.6) is 0 Å². The molecular weight excluding hydrogens is 310 g/mol. The molecule has 0 aliphatic heterocycles. The molecule has 0 spiro atoms. The van der Waals surface area contributed by atoms with Crippen molar-refractivity contribution < 1.29 is 14.3 Å². The van der Waals surface area contributed by atoms with E-state index in [2.05, 4.69) is 25.0 Å². The lowest BCUT2D eigenvalue weighted by Gasteiger charge is -2.07. The second-order valence-corrected chi connectivity index (χ2v) is 4.73. The third-order valence-corrected chi connectivity index (χ3v) is 3.15.